The molecule has 0 unspecified atom stereocenters. The van der Waals surface area contributed by atoms with Gasteiger partial charge < -0.3 is 5.32 Å². The zero-order valence-electron chi connectivity index (χ0n) is 10.6. The third kappa shape index (κ3) is 4.63. The molecule has 0 aromatic heterocycles. The SMILES string of the molecule is CC(C)NCCC(=O)c1ccc(F)c(C(F)(F)F)c1. The van der Waals surface area contributed by atoms with Gasteiger partial charge in [-0.3, -0.25) is 4.79 Å². The molecule has 0 aliphatic heterocycles. The Balaban J connectivity index is 2.82. The van der Waals surface area contributed by atoms with Crippen molar-refractivity contribution in [2.45, 2.75) is 32.5 Å². The van der Waals surface area contributed by atoms with E-state index in [0.29, 0.717) is 18.7 Å². The molecule has 1 rings (SSSR count). The maximum atomic E-state index is 13.0. The third-order valence-electron chi connectivity index (χ3n) is 2.50. The standard InChI is InChI=1S/C13H15F4NO/c1-8(2)18-6-5-12(19)9-3-4-11(14)10(7-9)13(15,16)17/h3-4,7-8,18H,5-6H2,1-2H3. The van der Waals surface area contributed by atoms with E-state index >= 15 is 0 Å². The van der Waals surface area contributed by atoms with Gasteiger partial charge in [-0.05, 0) is 18.2 Å². The van der Waals surface area contributed by atoms with Gasteiger partial charge in [0, 0.05) is 24.6 Å². The van der Waals surface area contributed by atoms with Gasteiger partial charge in [0.2, 0.25) is 0 Å². The van der Waals surface area contributed by atoms with Gasteiger partial charge in [-0.25, -0.2) is 4.39 Å². The van der Waals surface area contributed by atoms with Crippen LogP contribution in [0.5, 0.6) is 0 Å². The van der Waals surface area contributed by atoms with E-state index in [1.807, 2.05) is 13.8 Å². The minimum Gasteiger partial charge on any atom is -0.314 e. The van der Waals surface area contributed by atoms with Crippen molar-refractivity contribution in [3.8, 4) is 0 Å². The monoisotopic (exact) mass is 277 g/mol. The van der Waals surface area contributed by atoms with Crippen LogP contribution < -0.4 is 5.32 Å². The topological polar surface area (TPSA) is 29.1 Å². The first-order valence-corrected chi connectivity index (χ1v) is 5.85. The van der Waals surface area contributed by atoms with Crippen LogP contribution in [0.1, 0.15) is 36.2 Å². The molecule has 6 heteroatoms. The van der Waals surface area contributed by atoms with Gasteiger partial charge in [-0.2, -0.15) is 13.2 Å². The molecule has 1 aromatic carbocycles. The Morgan fingerprint density at radius 3 is 2.47 bits per heavy atom. The van der Waals surface area contributed by atoms with Crippen LogP contribution in [-0.2, 0) is 6.18 Å². The summed E-state index contributed by atoms with van der Waals surface area (Å²) in [4.78, 5) is 11.7. The number of hydrogen-bond donors (Lipinski definition) is 1. The maximum Gasteiger partial charge on any atom is 0.419 e. The van der Waals surface area contributed by atoms with E-state index in [1.54, 1.807) is 0 Å². The first-order chi connectivity index (χ1) is 8.71. The Kier molecular flexibility index (Phi) is 5.05. The average molecular weight is 277 g/mol. The Hall–Kier alpha value is -1.43. The minimum absolute atomic E-state index is 0.0705. The summed E-state index contributed by atoms with van der Waals surface area (Å²) < 4.78 is 50.5. The fourth-order valence-corrected chi connectivity index (χ4v) is 1.53. The van der Waals surface area contributed by atoms with E-state index < -0.39 is 23.3 Å². The summed E-state index contributed by atoms with van der Waals surface area (Å²) in [6.45, 7) is 4.16. The fourth-order valence-electron chi connectivity index (χ4n) is 1.53. The summed E-state index contributed by atoms with van der Waals surface area (Å²) in [5, 5.41) is 2.99. The predicted octanol–water partition coefficient (Wildman–Crippen LogP) is 3.42. The van der Waals surface area contributed by atoms with Gasteiger partial charge in [0.05, 0.1) is 5.56 Å². The molecule has 0 bridgehead atoms. The van der Waals surface area contributed by atoms with Crippen LogP contribution >= 0.6 is 0 Å². The summed E-state index contributed by atoms with van der Waals surface area (Å²) in [6, 6.07) is 2.49. The molecular formula is C13H15F4NO. The van der Waals surface area contributed by atoms with Crippen LogP contribution in [0.4, 0.5) is 17.6 Å². The molecule has 106 valence electrons. The van der Waals surface area contributed by atoms with Crippen molar-refractivity contribution < 1.29 is 22.4 Å². The number of hydrogen-bond acceptors (Lipinski definition) is 2. The van der Waals surface area contributed by atoms with E-state index in [0.717, 1.165) is 6.07 Å². The van der Waals surface area contributed by atoms with E-state index in [-0.39, 0.29) is 18.0 Å². The summed E-state index contributed by atoms with van der Waals surface area (Å²) in [6.07, 6.45) is -4.72. The van der Waals surface area contributed by atoms with Crippen LogP contribution in [0.15, 0.2) is 18.2 Å². The van der Waals surface area contributed by atoms with E-state index in [4.69, 9.17) is 0 Å². The van der Waals surface area contributed by atoms with Gasteiger partial charge >= 0.3 is 6.18 Å². The molecule has 19 heavy (non-hydrogen) atoms. The molecular weight excluding hydrogens is 262 g/mol. The van der Waals surface area contributed by atoms with E-state index in [9.17, 15) is 22.4 Å². The largest absolute Gasteiger partial charge is 0.419 e. The Morgan fingerprint density at radius 2 is 1.95 bits per heavy atom. The maximum absolute atomic E-state index is 13.0. The first kappa shape index (κ1) is 15.6. The number of alkyl halides is 3. The molecule has 0 spiro atoms. The highest BCUT2D eigenvalue weighted by Crippen LogP contribution is 2.32. The van der Waals surface area contributed by atoms with Crippen LogP contribution in [0.25, 0.3) is 0 Å². The zero-order chi connectivity index (χ0) is 14.6. The number of carbonyl (C=O) groups excluding carboxylic acids is 1. The Labute approximate surface area is 108 Å². The van der Waals surface area contributed by atoms with Gasteiger partial charge in [-0.1, -0.05) is 13.8 Å². The van der Waals surface area contributed by atoms with Crippen molar-refractivity contribution in [2.75, 3.05) is 6.54 Å². The lowest BCUT2D eigenvalue weighted by atomic mass is 10.0. The molecule has 0 aliphatic carbocycles. The quantitative estimate of drug-likeness (QED) is 0.660. The molecule has 0 heterocycles. The summed E-state index contributed by atoms with van der Waals surface area (Å²) >= 11 is 0. The molecule has 0 aliphatic rings. The lowest BCUT2D eigenvalue weighted by Gasteiger charge is -2.10. The molecule has 0 fully saturated rings. The lowest BCUT2D eigenvalue weighted by Crippen LogP contribution is -2.25. The highest BCUT2D eigenvalue weighted by atomic mass is 19.4. The van der Waals surface area contributed by atoms with Crippen molar-refractivity contribution in [3.63, 3.8) is 0 Å². The molecule has 0 saturated heterocycles. The second-order valence-corrected chi connectivity index (χ2v) is 4.47. The van der Waals surface area contributed by atoms with Gasteiger partial charge in [0.1, 0.15) is 5.82 Å². The third-order valence-corrected chi connectivity index (χ3v) is 2.50. The molecule has 0 saturated carbocycles. The highest BCUT2D eigenvalue weighted by Gasteiger charge is 2.34. The summed E-state index contributed by atoms with van der Waals surface area (Å²) in [7, 11) is 0. The van der Waals surface area contributed by atoms with Crippen molar-refractivity contribution in [1.29, 1.82) is 0 Å². The van der Waals surface area contributed by atoms with Crippen LogP contribution in [-0.4, -0.2) is 18.4 Å². The molecule has 1 N–H and O–H groups in total. The number of Topliss-reactive ketones (excluding diaryl/α,β-unsaturated/α-hetero) is 1. The van der Waals surface area contributed by atoms with Crippen LogP contribution in [0.3, 0.4) is 0 Å². The Bertz CT molecular complexity index is 454. The number of carbonyl (C=O) groups is 1. The van der Waals surface area contributed by atoms with E-state index in [2.05, 4.69) is 5.32 Å². The molecule has 0 amide bonds. The summed E-state index contributed by atoms with van der Waals surface area (Å²) in [5.74, 6) is -1.82. The predicted molar refractivity (Wildman–Crippen MR) is 63.5 cm³/mol. The van der Waals surface area contributed by atoms with E-state index in [1.165, 1.54) is 0 Å². The molecule has 2 nitrogen and oxygen atoms in total. The Morgan fingerprint density at radius 1 is 1.32 bits per heavy atom. The highest BCUT2D eigenvalue weighted by molar-refractivity contribution is 5.96. The van der Waals surface area contributed by atoms with Crippen molar-refractivity contribution in [1.82, 2.24) is 5.32 Å². The van der Waals surface area contributed by atoms with Gasteiger partial charge in [0.15, 0.2) is 5.78 Å². The average Bonchev–Trinajstić information content (AvgIpc) is 2.27. The molecule has 1 aromatic rings. The van der Waals surface area contributed by atoms with Gasteiger partial charge in [-0.15, -0.1) is 0 Å². The van der Waals surface area contributed by atoms with Crippen LogP contribution in [0.2, 0.25) is 0 Å². The number of ketones is 1. The second kappa shape index (κ2) is 6.14. The number of nitrogens with one attached hydrogen (secondary N) is 1. The lowest BCUT2D eigenvalue weighted by molar-refractivity contribution is -0.140. The van der Waals surface area contributed by atoms with Crippen LogP contribution in [0, 0.1) is 5.82 Å². The van der Waals surface area contributed by atoms with Crippen molar-refractivity contribution >= 4 is 5.78 Å². The summed E-state index contributed by atoms with van der Waals surface area (Å²) in [5.41, 5.74) is -1.53. The second-order valence-electron chi connectivity index (χ2n) is 4.47. The number of halogens is 4. The van der Waals surface area contributed by atoms with Gasteiger partial charge in [0.25, 0.3) is 0 Å². The minimum atomic E-state index is -4.80. The van der Waals surface area contributed by atoms with Crippen molar-refractivity contribution in [2.24, 2.45) is 0 Å². The fraction of sp³-hybridized carbons (Fsp3) is 0.462. The number of benzene rings is 1. The zero-order valence-corrected chi connectivity index (χ0v) is 10.6. The van der Waals surface area contributed by atoms with Crippen molar-refractivity contribution in [3.05, 3.63) is 35.1 Å². The number of rotatable bonds is 5. The first-order valence-electron chi connectivity index (χ1n) is 5.85. The molecule has 0 atom stereocenters. The normalized spacial score (nSPS) is 11.9. The smallest absolute Gasteiger partial charge is 0.314 e. The molecule has 0 radical (unpaired) electrons.